The zero-order valence-corrected chi connectivity index (χ0v) is 9.97. The number of carboxylic acid groups (broad SMARTS) is 1. The van der Waals surface area contributed by atoms with E-state index in [0.29, 0.717) is 23.7 Å². The zero-order valence-electron chi connectivity index (χ0n) is 9.97. The molecular formula is C12H17NO4. The molecule has 0 saturated carbocycles. The zero-order chi connectivity index (χ0) is 12.8. The Bertz CT molecular complexity index is 392. The molecule has 0 radical (unpaired) electrons. The van der Waals surface area contributed by atoms with Gasteiger partial charge in [0.2, 0.25) is 0 Å². The minimum absolute atomic E-state index is 0.0295. The molecular weight excluding hydrogens is 222 g/mol. The Hall–Kier alpha value is -1.75. The fraction of sp³-hybridized carbons (Fsp3) is 0.417. The van der Waals surface area contributed by atoms with E-state index in [0.717, 1.165) is 0 Å². The molecule has 1 unspecified atom stereocenters. The molecule has 0 saturated heterocycles. The summed E-state index contributed by atoms with van der Waals surface area (Å²) >= 11 is 0. The molecule has 1 aromatic carbocycles. The third-order valence-electron chi connectivity index (χ3n) is 2.43. The standard InChI is InChI=1S/C12H17NO4/c1-3-17-11-6-8(16-2)4-5-9(11)10(7-13)12(14)15/h4-6,10H,3,7,13H2,1-2H3,(H,14,15). The van der Waals surface area contributed by atoms with Crippen molar-refractivity contribution in [2.24, 2.45) is 5.73 Å². The Morgan fingerprint density at radius 1 is 1.53 bits per heavy atom. The number of aliphatic carboxylic acids is 1. The van der Waals surface area contributed by atoms with Gasteiger partial charge in [0, 0.05) is 18.2 Å². The second-order valence-electron chi connectivity index (χ2n) is 3.46. The van der Waals surface area contributed by atoms with Crippen LogP contribution < -0.4 is 15.2 Å². The molecule has 0 spiro atoms. The second kappa shape index (κ2) is 6.10. The summed E-state index contributed by atoms with van der Waals surface area (Å²) in [5.74, 6) is -0.593. The van der Waals surface area contributed by atoms with Crippen LogP contribution in [0.5, 0.6) is 11.5 Å². The Kier molecular flexibility index (Phi) is 4.78. The predicted molar refractivity (Wildman–Crippen MR) is 63.6 cm³/mol. The Morgan fingerprint density at radius 2 is 2.24 bits per heavy atom. The maximum atomic E-state index is 11.1. The highest BCUT2D eigenvalue weighted by atomic mass is 16.5. The fourth-order valence-corrected chi connectivity index (χ4v) is 1.57. The monoisotopic (exact) mass is 239 g/mol. The molecule has 0 aliphatic carbocycles. The first-order valence-corrected chi connectivity index (χ1v) is 5.37. The van der Waals surface area contributed by atoms with Gasteiger partial charge in [0.25, 0.3) is 0 Å². The van der Waals surface area contributed by atoms with E-state index in [1.807, 2.05) is 6.92 Å². The van der Waals surface area contributed by atoms with Crippen molar-refractivity contribution in [2.45, 2.75) is 12.8 Å². The van der Waals surface area contributed by atoms with Gasteiger partial charge in [-0.1, -0.05) is 6.07 Å². The van der Waals surface area contributed by atoms with Gasteiger partial charge in [-0.3, -0.25) is 4.79 Å². The van der Waals surface area contributed by atoms with Crippen molar-refractivity contribution in [2.75, 3.05) is 20.3 Å². The molecule has 1 aromatic rings. The number of nitrogens with two attached hydrogens (primary N) is 1. The highest BCUT2D eigenvalue weighted by Crippen LogP contribution is 2.30. The van der Waals surface area contributed by atoms with Gasteiger partial charge in [0.1, 0.15) is 11.5 Å². The normalized spacial score (nSPS) is 11.9. The molecule has 1 atom stereocenters. The van der Waals surface area contributed by atoms with Crippen LogP contribution in [-0.2, 0) is 4.79 Å². The van der Waals surface area contributed by atoms with E-state index in [9.17, 15) is 4.79 Å². The summed E-state index contributed by atoms with van der Waals surface area (Å²) in [5.41, 5.74) is 6.05. The van der Waals surface area contributed by atoms with Crippen LogP contribution in [-0.4, -0.2) is 31.3 Å². The van der Waals surface area contributed by atoms with Gasteiger partial charge < -0.3 is 20.3 Å². The van der Waals surface area contributed by atoms with Gasteiger partial charge >= 0.3 is 5.97 Å². The van der Waals surface area contributed by atoms with Gasteiger partial charge in [-0.25, -0.2) is 0 Å². The highest BCUT2D eigenvalue weighted by molar-refractivity contribution is 5.77. The number of hydrogen-bond donors (Lipinski definition) is 2. The number of rotatable bonds is 6. The van der Waals surface area contributed by atoms with Crippen molar-refractivity contribution in [3.63, 3.8) is 0 Å². The molecule has 0 aromatic heterocycles. The molecule has 0 aliphatic heterocycles. The maximum absolute atomic E-state index is 11.1. The average Bonchev–Trinajstić information content (AvgIpc) is 2.31. The lowest BCUT2D eigenvalue weighted by molar-refractivity contribution is -0.138. The van der Waals surface area contributed by atoms with E-state index in [2.05, 4.69) is 0 Å². The van der Waals surface area contributed by atoms with Crippen LogP contribution in [0.3, 0.4) is 0 Å². The van der Waals surface area contributed by atoms with Crippen LogP contribution in [0.4, 0.5) is 0 Å². The molecule has 94 valence electrons. The van der Waals surface area contributed by atoms with Gasteiger partial charge in [0.05, 0.1) is 19.6 Å². The number of benzene rings is 1. The Labute approximate surface area is 100 Å². The number of carboxylic acids is 1. The van der Waals surface area contributed by atoms with Gasteiger partial charge in [-0.15, -0.1) is 0 Å². The van der Waals surface area contributed by atoms with Crippen LogP contribution in [0.2, 0.25) is 0 Å². The maximum Gasteiger partial charge on any atom is 0.312 e. The van der Waals surface area contributed by atoms with Gasteiger partial charge in [-0.05, 0) is 13.0 Å². The molecule has 3 N–H and O–H groups in total. The largest absolute Gasteiger partial charge is 0.497 e. The molecule has 5 heteroatoms. The molecule has 0 fully saturated rings. The van der Waals surface area contributed by atoms with Crippen LogP contribution >= 0.6 is 0 Å². The van der Waals surface area contributed by atoms with E-state index < -0.39 is 11.9 Å². The lowest BCUT2D eigenvalue weighted by atomic mass is 9.98. The smallest absolute Gasteiger partial charge is 0.312 e. The third-order valence-corrected chi connectivity index (χ3v) is 2.43. The van der Waals surface area contributed by atoms with Crippen molar-refractivity contribution >= 4 is 5.97 Å². The van der Waals surface area contributed by atoms with E-state index in [4.69, 9.17) is 20.3 Å². The van der Waals surface area contributed by atoms with Crippen molar-refractivity contribution in [3.8, 4) is 11.5 Å². The minimum Gasteiger partial charge on any atom is -0.497 e. The van der Waals surface area contributed by atoms with Crippen molar-refractivity contribution in [1.82, 2.24) is 0 Å². The van der Waals surface area contributed by atoms with E-state index >= 15 is 0 Å². The summed E-state index contributed by atoms with van der Waals surface area (Å²) in [6.07, 6.45) is 0. The van der Waals surface area contributed by atoms with Crippen LogP contribution in [0, 0.1) is 0 Å². The predicted octanol–water partition coefficient (Wildman–Crippen LogP) is 1.22. The first kappa shape index (κ1) is 13.3. The number of carbonyl (C=O) groups is 1. The molecule has 5 nitrogen and oxygen atoms in total. The summed E-state index contributed by atoms with van der Waals surface area (Å²) in [4.78, 5) is 11.1. The number of hydrogen-bond acceptors (Lipinski definition) is 4. The van der Waals surface area contributed by atoms with Crippen LogP contribution in [0.25, 0.3) is 0 Å². The number of methoxy groups -OCH3 is 1. The van der Waals surface area contributed by atoms with Crippen molar-refractivity contribution < 1.29 is 19.4 Å². The van der Waals surface area contributed by atoms with Crippen LogP contribution in [0.15, 0.2) is 18.2 Å². The summed E-state index contributed by atoms with van der Waals surface area (Å²) in [7, 11) is 1.54. The van der Waals surface area contributed by atoms with E-state index in [1.165, 1.54) is 0 Å². The molecule has 17 heavy (non-hydrogen) atoms. The lowest BCUT2D eigenvalue weighted by Crippen LogP contribution is -2.21. The topological polar surface area (TPSA) is 81.8 Å². The molecule has 0 aliphatic rings. The number of ether oxygens (including phenoxy) is 2. The summed E-state index contributed by atoms with van der Waals surface area (Å²) in [6, 6.07) is 5.04. The molecule has 0 bridgehead atoms. The second-order valence-corrected chi connectivity index (χ2v) is 3.46. The molecule has 0 amide bonds. The van der Waals surface area contributed by atoms with Gasteiger partial charge in [-0.2, -0.15) is 0 Å². The Morgan fingerprint density at radius 3 is 2.71 bits per heavy atom. The van der Waals surface area contributed by atoms with Crippen LogP contribution in [0.1, 0.15) is 18.4 Å². The Balaban J connectivity index is 3.16. The summed E-state index contributed by atoms with van der Waals surface area (Å²) < 4.78 is 10.5. The quantitative estimate of drug-likeness (QED) is 0.780. The van der Waals surface area contributed by atoms with E-state index in [-0.39, 0.29) is 6.54 Å². The average molecular weight is 239 g/mol. The van der Waals surface area contributed by atoms with Crippen molar-refractivity contribution in [3.05, 3.63) is 23.8 Å². The van der Waals surface area contributed by atoms with Crippen molar-refractivity contribution in [1.29, 1.82) is 0 Å². The summed E-state index contributed by atoms with van der Waals surface area (Å²) in [5, 5.41) is 9.08. The first-order chi connectivity index (χ1) is 8.13. The lowest BCUT2D eigenvalue weighted by Gasteiger charge is -2.16. The first-order valence-electron chi connectivity index (χ1n) is 5.37. The van der Waals surface area contributed by atoms with E-state index in [1.54, 1.807) is 25.3 Å². The van der Waals surface area contributed by atoms with Gasteiger partial charge in [0.15, 0.2) is 0 Å². The molecule has 1 rings (SSSR count). The fourth-order valence-electron chi connectivity index (χ4n) is 1.57. The third kappa shape index (κ3) is 3.10. The molecule has 0 heterocycles. The minimum atomic E-state index is -0.960. The SMILES string of the molecule is CCOc1cc(OC)ccc1C(CN)C(=O)O. The summed E-state index contributed by atoms with van der Waals surface area (Å²) in [6.45, 7) is 2.32. The highest BCUT2D eigenvalue weighted by Gasteiger charge is 2.22.